The normalized spacial score (nSPS) is 19.8. The first kappa shape index (κ1) is 11.8. The molecular formula is C14H18N2O. The first-order valence-electron chi connectivity index (χ1n) is 6.00. The Morgan fingerprint density at radius 3 is 2.24 bits per heavy atom. The molecule has 17 heavy (non-hydrogen) atoms. The van der Waals surface area contributed by atoms with Crippen molar-refractivity contribution in [3.05, 3.63) is 29.3 Å². The molecule has 1 atom stereocenters. The van der Waals surface area contributed by atoms with E-state index < -0.39 is 0 Å². The quantitative estimate of drug-likeness (QED) is 0.768. The number of hydrogen-bond donors (Lipinski definition) is 0. The number of hydrogen-bond acceptors (Lipinski definition) is 2. The molecule has 0 fully saturated rings. The first-order valence-corrected chi connectivity index (χ1v) is 6.00. The monoisotopic (exact) mass is 230 g/mol. The number of anilines is 1. The second kappa shape index (κ2) is 4.32. The van der Waals surface area contributed by atoms with Crippen molar-refractivity contribution >= 4 is 17.3 Å². The van der Waals surface area contributed by atoms with Crippen molar-refractivity contribution < 1.29 is 4.79 Å². The average Bonchev–Trinajstić information content (AvgIpc) is 2.52. The van der Waals surface area contributed by atoms with E-state index in [0.29, 0.717) is 0 Å². The summed E-state index contributed by atoms with van der Waals surface area (Å²) in [4.78, 5) is 12.2. The lowest BCUT2D eigenvalue weighted by Crippen LogP contribution is -2.26. The molecule has 1 aliphatic rings. The van der Waals surface area contributed by atoms with Crippen molar-refractivity contribution in [3.8, 4) is 0 Å². The van der Waals surface area contributed by atoms with E-state index in [2.05, 4.69) is 11.2 Å². The third-order valence-corrected chi connectivity index (χ3v) is 3.13. The molecule has 1 aromatic rings. The molecule has 3 heteroatoms. The van der Waals surface area contributed by atoms with Crippen molar-refractivity contribution in [2.75, 3.05) is 5.01 Å². The minimum absolute atomic E-state index is 0.0455. The summed E-state index contributed by atoms with van der Waals surface area (Å²) in [6, 6.07) is 6.09. The van der Waals surface area contributed by atoms with Gasteiger partial charge in [0.15, 0.2) is 0 Å². The lowest BCUT2D eigenvalue weighted by atomic mass is 10.0. The number of carbonyl (C=O) groups excluding carboxylic acids is 1. The highest BCUT2D eigenvalue weighted by Gasteiger charge is 2.32. The van der Waals surface area contributed by atoms with Crippen LogP contribution in [0.2, 0.25) is 0 Å². The second-order valence-electron chi connectivity index (χ2n) is 4.70. The largest absolute Gasteiger partial charge is 0.272 e. The number of amides is 1. The van der Waals surface area contributed by atoms with Gasteiger partial charge in [0.05, 0.1) is 11.6 Å². The molecule has 1 unspecified atom stereocenters. The van der Waals surface area contributed by atoms with Crippen LogP contribution in [-0.4, -0.2) is 11.6 Å². The summed E-state index contributed by atoms with van der Waals surface area (Å²) < 4.78 is 0. The maximum absolute atomic E-state index is 12.2. The van der Waals surface area contributed by atoms with Crippen molar-refractivity contribution in [1.82, 2.24) is 0 Å². The van der Waals surface area contributed by atoms with Gasteiger partial charge in [-0.15, -0.1) is 0 Å². The van der Waals surface area contributed by atoms with Gasteiger partial charge in [-0.25, -0.2) is 5.01 Å². The van der Waals surface area contributed by atoms with E-state index >= 15 is 0 Å². The van der Waals surface area contributed by atoms with Crippen LogP contribution >= 0.6 is 0 Å². The van der Waals surface area contributed by atoms with Gasteiger partial charge in [0, 0.05) is 5.71 Å². The lowest BCUT2D eigenvalue weighted by molar-refractivity contribution is -0.119. The van der Waals surface area contributed by atoms with Crippen LogP contribution in [0.1, 0.15) is 31.4 Å². The summed E-state index contributed by atoms with van der Waals surface area (Å²) in [6.45, 7) is 8.01. The molecule has 0 saturated heterocycles. The number of hydrazone groups is 1. The molecule has 0 aliphatic carbocycles. The van der Waals surface area contributed by atoms with E-state index in [0.717, 1.165) is 28.9 Å². The summed E-state index contributed by atoms with van der Waals surface area (Å²) in [7, 11) is 0. The molecule has 0 spiro atoms. The summed E-state index contributed by atoms with van der Waals surface area (Å²) >= 11 is 0. The van der Waals surface area contributed by atoms with E-state index in [4.69, 9.17) is 0 Å². The predicted molar refractivity (Wildman–Crippen MR) is 70.3 cm³/mol. The summed E-state index contributed by atoms with van der Waals surface area (Å²) in [5, 5.41) is 5.92. The van der Waals surface area contributed by atoms with Crippen molar-refractivity contribution in [2.24, 2.45) is 11.0 Å². The zero-order valence-corrected chi connectivity index (χ0v) is 10.8. The van der Waals surface area contributed by atoms with Crippen LogP contribution in [0.25, 0.3) is 0 Å². The summed E-state index contributed by atoms with van der Waals surface area (Å²) in [5.41, 5.74) is 4.10. The van der Waals surface area contributed by atoms with Gasteiger partial charge < -0.3 is 0 Å². The van der Waals surface area contributed by atoms with Crippen LogP contribution in [0, 0.1) is 19.8 Å². The molecule has 0 saturated carbocycles. The molecule has 0 aromatic heterocycles. The number of carbonyl (C=O) groups is 1. The Morgan fingerprint density at radius 1 is 1.18 bits per heavy atom. The third kappa shape index (κ3) is 2.09. The Labute approximate surface area is 102 Å². The highest BCUT2D eigenvalue weighted by atomic mass is 16.2. The smallest absolute Gasteiger partial charge is 0.256 e. The minimum Gasteiger partial charge on any atom is -0.272 e. The molecule has 1 aliphatic heterocycles. The second-order valence-corrected chi connectivity index (χ2v) is 4.70. The molecular weight excluding hydrogens is 212 g/mol. The molecule has 0 bridgehead atoms. The fourth-order valence-electron chi connectivity index (χ4n) is 2.33. The van der Waals surface area contributed by atoms with Crippen molar-refractivity contribution in [1.29, 1.82) is 0 Å². The van der Waals surface area contributed by atoms with Gasteiger partial charge in [0.1, 0.15) is 0 Å². The summed E-state index contributed by atoms with van der Waals surface area (Å²) in [6.07, 6.45) is 0.815. The Morgan fingerprint density at radius 2 is 1.76 bits per heavy atom. The Kier molecular flexibility index (Phi) is 3.01. The molecule has 1 aromatic carbocycles. The number of aryl methyl sites for hydroxylation is 2. The predicted octanol–water partition coefficient (Wildman–Crippen LogP) is 3.05. The van der Waals surface area contributed by atoms with Crippen molar-refractivity contribution in [2.45, 2.75) is 34.1 Å². The van der Waals surface area contributed by atoms with Gasteiger partial charge in [0.25, 0.3) is 5.91 Å². The highest BCUT2D eigenvalue weighted by Crippen LogP contribution is 2.27. The van der Waals surface area contributed by atoms with E-state index in [1.54, 1.807) is 5.01 Å². The van der Waals surface area contributed by atoms with Crippen LogP contribution in [0.15, 0.2) is 23.3 Å². The zero-order valence-electron chi connectivity index (χ0n) is 10.8. The number of nitrogens with zero attached hydrogens (tertiary/aromatic N) is 2. The van der Waals surface area contributed by atoms with Gasteiger partial charge in [-0.2, -0.15) is 5.10 Å². The van der Waals surface area contributed by atoms with Gasteiger partial charge in [-0.3, -0.25) is 4.79 Å². The molecule has 2 rings (SSSR count). The minimum atomic E-state index is -0.0455. The Balaban J connectivity index is 2.39. The fourth-order valence-corrected chi connectivity index (χ4v) is 2.33. The van der Waals surface area contributed by atoms with Gasteiger partial charge >= 0.3 is 0 Å². The van der Waals surface area contributed by atoms with E-state index in [1.807, 2.05) is 39.8 Å². The Hall–Kier alpha value is -1.64. The maximum Gasteiger partial charge on any atom is 0.256 e. The topological polar surface area (TPSA) is 32.7 Å². The fraction of sp³-hybridized carbons (Fsp3) is 0.429. The van der Waals surface area contributed by atoms with Crippen LogP contribution in [0.4, 0.5) is 5.69 Å². The molecule has 1 heterocycles. The van der Waals surface area contributed by atoms with E-state index in [9.17, 15) is 4.79 Å². The lowest BCUT2D eigenvalue weighted by Gasteiger charge is -2.15. The van der Waals surface area contributed by atoms with E-state index in [-0.39, 0.29) is 11.8 Å². The summed E-state index contributed by atoms with van der Waals surface area (Å²) in [5.74, 6) is 0.0471. The standard InChI is InChI=1S/C14H18N2O/c1-5-13-11(4)15-16(14(13)17)12-7-9(2)6-10(3)8-12/h6-8,13H,5H2,1-4H3. The zero-order chi connectivity index (χ0) is 12.6. The van der Waals surface area contributed by atoms with Gasteiger partial charge in [-0.1, -0.05) is 13.0 Å². The number of benzene rings is 1. The SMILES string of the molecule is CCC1C(=O)N(c2cc(C)cc(C)c2)N=C1C. The average molecular weight is 230 g/mol. The Bertz CT molecular complexity index is 471. The molecule has 3 nitrogen and oxygen atoms in total. The molecule has 1 amide bonds. The molecule has 90 valence electrons. The van der Waals surface area contributed by atoms with Gasteiger partial charge in [0.2, 0.25) is 0 Å². The van der Waals surface area contributed by atoms with Gasteiger partial charge in [-0.05, 0) is 50.5 Å². The van der Waals surface area contributed by atoms with Crippen LogP contribution in [0.5, 0.6) is 0 Å². The van der Waals surface area contributed by atoms with E-state index in [1.165, 1.54) is 0 Å². The van der Waals surface area contributed by atoms with Crippen molar-refractivity contribution in [3.63, 3.8) is 0 Å². The van der Waals surface area contributed by atoms with Crippen LogP contribution in [0.3, 0.4) is 0 Å². The van der Waals surface area contributed by atoms with Crippen LogP contribution in [-0.2, 0) is 4.79 Å². The van der Waals surface area contributed by atoms with Crippen LogP contribution < -0.4 is 5.01 Å². The maximum atomic E-state index is 12.2. The third-order valence-electron chi connectivity index (χ3n) is 3.13. The molecule has 0 radical (unpaired) electrons. The highest BCUT2D eigenvalue weighted by molar-refractivity contribution is 6.14. The number of rotatable bonds is 2. The molecule has 0 N–H and O–H groups in total. The first-order chi connectivity index (χ1) is 8.02.